The van der Waals surface area contributed by atoms with Crippen molar-refractivity contribution in [2.75, 3.05) is 11.1 Å². The van der Waals surface area contributed by atoms with Crippen molar-refractivity contribution in [2.45, 2.75) is 5.92 Å². The van der Waals surface area contributed by atoms with Gasteiger partial charge in [0.15, 0.2) is 5.78 Å². The van der Waals surface area contributed by atoms with Crippen LogP contribution in [0.15, 0.2) is 69.1 Å². The molecule has 4 N–H and O–H groups in total. The van der Waals surface area contributed by atoms with E-state index in [1.165, 1.54) is 0 Å². The Bertz CT molecular complexity index is 1310. The molecule has 0 spiro atoms. The van der Waals surface area contributed by atoms with E-state index in [1.54, 1.807) is 24.3 Å². The predicted octanol–water partition coefficient (Wildman–Crippen LogP) is 3.01. The molecule has 1 unspecified atom stereocenters. The van der Waals surface area contributed by atoms with Gasteiger partial charge in [0.1, 0.15) is 5.82 Å². The standard InChI is InChI=1S/C21H13BrN4O3/c22-10-7-5-9(6-8-10)13-14-16(24-19-15(13)20(29)26-21(23)25-19)18(28)12-4-2-1-3-11(12)17(14)27/h1-8,13H,(H4,23,24,25,26,29). The predicted molar refractivity (Wildman–Crippen MR) is 111 cm³/mol. The minimum Gasteiger partial charge on any atom is -0.369 e. The van der Waals surface area contributed by atoms with Crippen LogP contribution in [0.3, 0.4) is 0 Å². The zero-order valence-electron chi connectivity index (χ0n) is 14.8. The second-order valence-electron chi connectivity index (χ2n) is 6.82. The summed E-state index contributed by atoms with van der Waals surface area (Å²) >= 11 is 3.39. The fourth-order valence-corrected chi connectivity index (χ4v) is 4.17. The highest BCUT2D eigenvalue weighted by atomic mass is 79.9. The molecule has 2 aliphatic rings. The SMILES string of the molecule is Nc1nc2c(c(=O)[nH]1)C(c1ccc(Br)cc1)C1=C(N2)C(=O)c2ccccc2C1=O. The summed E-state index contributed by atoms with van der Waals surface area (Å²) in [6.45, 7) is 0. The molecule has 1 aliphatic carbocycles. The normalized spacial score (nSPS) is 17.3. The van der Waals surface area contributed by atoms with Crippen LogP contribution < -0.4 is 16.6 Å². The number of ketones is 2. The first-order valence-electron chi connectivity index (χ1n) is 8.80. The molecule has 0 bridgehead atoms. The molecule has 0 fully saturated rings. The van der Waals surface area contributed by atoms with E-state index in [2.05, 4.69) is 31.2 Å². The Morgan fingerprint density at radius 2 is 1.59 bits per heavy atom. The van der Waals surface area contributed by atoms with Crippen molar-refractivity contribution < 1.29 is 9.59 Å². The van der Waals surface area contributed by atoms with Crippen LogP contribution in [0.2, 0.25) is 0 Å². The number of nitrogens with zero attached hydrogens (tertiary/aromatic N) is 1. The number of aromatic nitrogens is 2. The smallest absolute Gasteiger partial charge is 0.258 e. The number of nitrogens with two attached hydrogens (primary N) is 1. The topological polar surface area (TPSA) is 118 Å². The van der Waals surface area contributed by atoms with Gasteiger partial charge in [-0.15, -0.1) is 0 Å². The first kappa shape index (κ1) is 17.6. The van der Waals surface area contributed by atoms with E-state index in [4.69, 9.17) is 5.73 Å². The first-order valence-corrected chi connectivity index (χ1v) is 9.59. The van der Waals surface area contributed by atoms with Gasteiger partial charge in [0.2, 0.25) is 11.7 Å². The lowest BCUT2D eigenvalue weighted by Crippen LogP contribution is -2.36. The fourth-order valence-electron chi connectivity index (χ4n) is 3.91. The highest BCUT2D eigenvalue weighted by Crippen LogP contribution is 2.44. The summed E-state index contributed by atoms with van der Waals surface area (Å²) in [5.41, 5.74) is 7.21. The fraction of sp³-hybridized carbons (Fsp3) is 0.0476. The van der Waals surface area contributed by atoms with Crippen molar-refractivity contribution in [2.24, 2.45) is 0 Å². The highest BCUT2D eigenvalue weighted by molar-refractivity contribution is 9.10. The molecule has 29 heavy (non-hydrogen) atoms. The van der Waals surface area contributed by atoms with Gasteiger partial charge < -0.3 is 11.1 Å². The number of hydrogen-bond acceptors (Lipinski definition) is 6. The number of benzene rings is 2. The third-order valence-corrected chi connectivity index (χ3v) is 5.68. The molecule has 2 heterocycles. The zero-order chi connectivity index (χ0) is 20.3. The number of aromatic amines is 1. The van der Waals surface area contributed by atoms with Gasteiger partial charge in [0, 0.05) is 27.1 Å². The average Bonchev–Trinajstić information content (AvgIpc) is 2.71. The molecule has 1 aliphatic heterocycles. The van der Waals surface area contributed by atoms with Gasteiger partial charge in [-0.2, -0.15) is 4.98 Å². The van der Waals surface area contributed by atoms with Gasteiger partial charge in [0.05, 0.1) is 11.3 Å². The number of nitrogen functional groups attached to an aromatic ring is 1. The number of carbonyl (C=O) groups excluding carboxylic acids is 2. The Kier molecular flexibility index (Phi) is 3.78. The van der Waals surface area contributed by atoms with Gasteiger partial charge >= 0.3 is 0 Å². The van der Waals surface area contributed by atoms with Crippen LogP contribution in [0.1, 0.15) is 37.8 Å². The molecular weight excluding hydrogens is 436 g/mol. The second-order valence-corrected chi connectivity index (χ2v) is 7.73. The molecular formula is C21H13BrN4O3. The summed E-state index contributed by atoms with van der Waals surface area (Å²) in [6, 6.07) is 13.9. The third-order valence-electron chi connectivity index (χ3n) is 5.16. The van der Waals surface area contributed by atoms with Crippen LogP contribution in [0.25, 0.3) is 0 Å². The number of Topliss-reactive ketones (excluding diaryl/α,β-unsaturated/α-hetero) is 2. The minimum atomic E-state index is -0.754. The molecule has 3 aromatic rings. The highest BCUT2D eigenvalue weighted by Gasteiger charge is 2.42. The minimum absolute atomic E-state index is 0.0742. The monoisotopic (exact) mass is 448 g/mol. The lowest BCUT2D eigenvalue weighted by Gasteiger charge is -2.32. The van der Waals surface area contributed by atoms with E-state index in [1.807, 2.05) is 24.3 Å². The van der Waals surface area contributed by atoms with Crippen molar-refractivity contribution in [3.8, 4) is 0 Å². The van der Waals surface area contributed by atoms with Gasteiger partial charge in [-0.3, -0.25) is 19.4 Å². The molecule has 0 saturated carbocycles. The van der Waals surface area contributed by atoms with Crippen molar-refractivity contribution in [1.29, 1.82) is 0 Å². The number of nitrogens with one attached hydrogen (secondary N) is 2. The molecule has 1 aromatic heterocycles. The molecule has 7 nitrogen and oxygen atoms in total. The molecule has 5 rings (SSSR count). The van der Waals surface area contributed by atoms with Crippen LogP contribution in [-0.4, -0.2) is 21.5 Å². The second kappa shape index (κ2) is 6.25. The van der Waals surface area contributed by atoms with E-state index >= 15 is 0 Å². The number of rotatable bonds is 1. The Hall–Kier alpha value is -3.52. The van der Waals surface area contributed by atoms with Crippen molar-refractivity contribution in [1.82, 2.24) is 9.97 Å². The summed E-state index contributed by atoms with van der Waals surface area (Å²) < 4.78 is 0.852. The number of carbonyl (C=O) groups is 2. The quantitative estimate of drug-likeness (QED) is 0.526. The van der Waals surface area contributed by atoms with E-state index < -0.39 is 11.5 Å². The average molecular weight is 449 g/mol. The van der Waals surface area contributed by atoms with Gasteiger partial charge in [-0.1, -0.05) is 52.3 Å². The largest absolute Gasteiger partial charge is 0.369 e. The molecule has 0 saturated heterocycles. The number of anilines is 2. The van der Waals surface area contributed by atoms with Crippen LogP contribution in [0.4, 0.5) is 11.8 Å². The van der Waals surface area contributed by atoms with Crippen LogP contribution in [0.5, 0.6) is 0 Å². The van der Waals surface area contributed by atoms with E-state index in [0.717, 1.165) is 4.47 Å². The van der Waals surface area contributed by atoms with Crippen LogP contribution >= 0.6 is 15.9 Å². The third kappa shape index (κ3) is 2.56. The van der Waals surface area contributed by atoms with Crippen LogP contribution in [-0.2, 0) is 0 Å². The lowest BCUT2D eigenvalue weighted by atomic mass is 9.74. The Labute approximate surface area is 172 Å². The van der Waals surface area contributed by atoms with E-state index in [0.29, 0.717) is 16.7 Å². The number of halogens is 1. The Balaban J connectivity index is 1.83. The van der Waals surface area contributed by atoms with E-state index in [9.17, 15) is 14.4 Å². The summed E-state index contributed by atoms with van der Waals surface area (Å²) in [6.07, 6.45) is 0. The van der Waals surface area contributed by atoms with Crippen LogP contribution in [0, 0.1) is 0 Å². The number of allylic oxidation sites excluding steroid dienone is 2. The lowest BCUT2D eigenvalue weighted by molar-refractivity contribution is 0.0971. The summed E-state index contributed by atoms with van der Waals surface area (Å²) in [7, 11) is 0. The number of hydrogen-bond donors (Lipinski definition) is 3. The number of fused-ring (bicyclic) bond motifs is 2. The number of H-pyrrole nitrogens is 1. The summed E-state index contributed by atoms with van der Waals surface area (Å²) in [4.78, 5) is 46.1. The molecule has 142 valence electrons. The maximum atomic E-state index is 13.4. The van der Waals surface area contributed by atoms with Gasteiger partial charge in [0.25, 0.3) is 5.56 Å². The van der Waals surface area contributed by atoms with Gasteiger partial charge in [-0.25, -0.2) is 0 Å². The Morgan fingerprint density at radius 3 is 2.28 bits per heavy atom. The maximum Gasteiger partial charge on any atom is 0.258 e. The Morgan fingerprint density at radius 1 is 0.931 bits per heavy atom. The first-order chi connectivity index (χ1) is 14.0. The van der Waals surface area contributed by atoms with Gasteiger partial charge in [-0.05, 0) is 17.7 Å². The van der Waals surface area contributed by atoms with Crippen molar-refractivity contribution >= 4 is 39.3 Å². The maximum absolute atomic E-state index is 13.4. The zero-order valence-corrected chi connectivity index (χ0v) is 16.4. The van der Waals surface area contributed by atoms with Crippen molar-refractivity contribution in [3.05, 3.63) is 96.9 Å². The molecule has 0 amide bonds. The molecule has 0 radical (unpaired) electrons. The summed E-state index contributed by atoms with van der Waals surface area (Å²) in [5.74, 6) is -1.26. The molecule has 1 atom stereocenters. The molecule has 8 heteroatoms. The van der Waals surface area contributed by atoms with E-state index in [-0.39, 0.29) is 40.2 Å². The van der Waals surface area contributed by atoms with Crippen molar-refractivity contribution in [3.63, 3.8) is 0 Å². The summed E-state index contributed by atoms with van der Waals surface area (Å²) in [5, 5.41) is 2.90. The molecule has 2 aromatic carbocycles.